The fraction of sp³-hybridized carbons (Fsp3) is 0.467. The SMILES string of the molecule is O=C1CCCN1c1ccc(CNC(=S)NC2CC2)cc1. The number of carbonyl (C=O) groups is 1. The first kappa shape index (κ1) is 13.4. The molecule has 0 spiro atoms. The third-order valence-corrected chi connectivity index (χ3v) is 3.95. The Morgan fingerprint density at radius 1 is 1.30 bits per heavy atom. The van der Waals surface area contributed by atoms with Crippen LogP contribution in [0.4, 0.5) is 5.69 Å². The lowest BCUT2D eigenvalue weighted by atomic mass is 10.2. The average Bonchev–Trinajstić information content (AvgIpc) is 3.16. The zero-order valence-electron chi connectivity index (χ0n) is 11.4. The summed E-state index contributed by atoms with van der Waals surface area (Å²) in [6, 6.07) is 8.70. The number of anilines is 1. The highest BCUT2D eigenvalue weighted by Gasteiger charge is 2.22. The molecule has 3 rings (SSSR count). The van der Waals surface area contributed by atoms with Gasteiger partial charge in [0.25, 0.3) is 0 Å². The van der Waals surface area contributed by atoms with Crippen LogP contribution >= 0.6 is 12.2 Å². The third-order valence-electron chi connectivity index (χ3n) is 3.69. The van der Waals surface area contributed by atoms with Gasteiger partial charge in [0.1, 0.15) is 0 Å². The summed E-state index contributed by atoms with van der Waals surface area (Å²) in [5.74, 6) is 0.227. The number of benzene rings is 1. The van der Waals surface area contributed by atoms with Crippen molar-refractivity contribution < 1.29 is 4.79 Å². The topological polar surface area (TPSA) is 44.4 Å². The Morgan fingerprint density at radius 2 is 2.05 bits per heavy atom. The van der Waals surface area contributed by atoms with Crippen molar-refractivity contribution in [3.05, 3.63) is 29.8 Å². The van der Waals surface area contributed by atoms with Gasteiger partial charge < -0.3 is 15.5 Å². The van der Waals surface area contributed by atoms with E-state index >= 15 is 0 Å². The number of amides is 1. The molecule has 2 aliphatic rings. The van der Waals surface area contributed by atoms with Crippen molar-refractivity contribution in [3.63, 3.8) is 0 Å². The predicted molar refractivity (Wildman–Crippen MR) is 83.6 cm³/mol. The van der Waals surface area contributed by atoms with Crippen molar-refractivity contribution in [2.75, 3.05) is 11.4 Å². The molecular formula is C15H19N3OS. The molecule has 0 atom stereocenters. The van der Waals surface area contributed by atoms with Crippen LogP contribution in [0.3, 0.4) is 0 Å². The van der Waals surface area contributed by atoms with Gasteiger partial charge in [-0.25, -0.2) is 0 Å². The average molecular weight is 289 g/mol. The minimum atomic E-state index is 0.227. The smallest absolute Gasteiger partial charge is 0.227 e. The highest BCUT2D eigenvalue weighted by Crippen LogP contribution is 2.21. The maximum atomic E-state index is 11.7. The van der Waals surface area contributed by atoms with E-state index in [-0.39, 0.29) is 5.91 Å². The minimum absolute atomic E-state index is 0.227. The van der Waals surface area contributed by atoms with Crippen LogP contribution in [0.2, 0.25) is 0 Å². The van der Waals surface area contributed by atoms with Crippen LogP contribution in [0.15, 0.2) is 24.3 Å². The first-order valence-electron chi connectivity index (χ1n) is 7.16. The summed E-state index contributed by atoms with van der Waals surface area (Å²) in [7, 11) is 0. The number of nitrogens with zero attached hydrogens (tertiary/aromatic N) is 1. The van der Waals surface area contributed by atoms with Crippen molar-refractivity contribution in [1.29, 1.82) is 0 Å². The molecule has 1 amide bonds. The molecule has 2 N–H and O–H groups in total. The van der Waals surface area contributed by atoms with Gasteiger partial charge in [0, 0.05) is 31.2 Å². The molecule has 5 heteroatoms. The Labute approximate surface area is 124 Å². The Balaban J connectivity index is 1.52. The van der Waals surface area contributed by atoms with Gasteiger partial charge in [-0.2, -0.15) is 0 Å². The fourth-order valence-corrected chi connectivity index (χ4v) is 2.60. The first-order chi connectivity index (χ1) is 9.72. The molecule has 0 bridgehead atoms. The van der Waals surface area contributed by atoms with Crippen LogP contribution in [-0.2, 0) is 11.3 Å². The van der Waals surface area contributed by atoms with Gasteiger partial charge in [-0.05, 0) is 49.2 Å². The molecule has 1 heterocycles. The second-order valence-electron chi connectivity index (χ2n) is 5.42. The van der Waals surface area contributed by atoms with Gasteiger partial charge in [-0.3, -0.25) is 4.79 Å². The summed E-state index contributed by atoms with van der Waals surface area (Å²) in [6.45, 7) is 1.55. The van der Waals surface area contributed by atoms with E-state index in [1.165, 1.54) is 18.4 Å². The summed E-state index contributed by atoms with van der Waals surface area (Å²) in [5, 5.41) is 7.19. The first-order valence-corrected chi connectivity index (χ1v) is 7.57. The van der Waals surface area contributed by atoms with Crippen LogP contribution in [0.5, 0.6) is 0 Å². The normalized spacial score (nSPS) is 18.2. The number of nitrogens with one attached hydrogen (secondary N) is 2. The number of rotatable bonds is 4. The Kier molecular flexibility index (Phi) is 3.87. The number of hydrogen-bond acceptors (Lipinski definition) is 2. The number of carbonyl (C=O) groups excluding carboxylic acids is 1. The van der Waals surface area contributed by atoms with Crippen molar-refractivity contribution >= 4 is 28.9 Å². The van der Waals surface area contributed by atoms with Crippen LogP contribution in [0.1, 0.15) is 31.2 Å². The molecule has 0 aromatic heterocycles. The molecule has 0 unspecified atom stereocenters. The van der Waals surface area contributed by atoms with Crippen molar-refractivity contribution in [2.24, 2.45) is 0 Å². The lowest BCUT2D eigenvalue weighted by Crippen LogP contribution is -2.36. The molecule has 20 heavy (non-hydrogen) atoms. The second kappa shape index (κ2) is 5.79. The number of hydrogen-bond donors (Lipinski definition) is 2. The number of thiocarbonyl (C=S) groups is 1. The largest absolute Gasteiger partial charge is 0.360 e. The summed E-state index contributed by atoms with van der Waals surface area (Å²) < 4.78 is 0. The molecule has 1 saturated carbocycles. The maximum absolute atomic E-state index is 11.7. The van der Waals surface area contributed by atoms with Crippen LogP contribution in [-0.4, -0.2) is 23.6 Å². The molecule has 1 aliphatic carbocycles. The van der Waals surface area contributed by atoms with Crippen molar-refractivity contribution in [3.8, 4) is 0 Å². The van der Waals surface area contributed by atoms with E-state index in [9.17, 15) is 4.79 Å². The van der Waals surface area contributed by atoms with E-state index in [1.54, 1.807) is 0 Å². The molecule has 1 aliphatic heterocycles. The van der Waals surface area contributed by atoms with E-state index in [2.05, 4.69) is 10.6 Å². The van der Waals surface area contributed by atoms with Crippen molar-refractivity contribution in [2.45, 2.75) is 38.3 Å². The molecule has 1 saturated heterocycles. The Morgan fingerprint density at radius 3 is 2.65 bits per heavy atom. The molecule has 1 aromatic carbocycles. The van der Waals surface area contributed by atoms with Crippen molar-refractivity contribution in [1.82, 2.24) is 10.6 Å². The summed E-state index contributed by atoms with van der Waals surface area (Å²) in [5.41, 5.74) is 2.16. The van der Waals surface area contributed by atoms with Gasteiger partial charge in [-0.15, -0.1) is 0 Å². The van der Waals surface area contributed by atoms with Crippen LogP contribution in [0, 0.1) is 0 Å². The Hall–Kier alpha value is -1.62. The quantitative estimate of drug-likeness (QED) is 0.832. The lowest BCUT2D eigenvalue weighted by molar-refractivity contribution is -0.117. The minimum Gasteiger partial charge on any atom is -0.360 e. The fourth-order valence-electron chi connectivity index (χ4n) is 2.36. The predicted octanol–water partition coefficient (Wildman–Crippen LogP) is 1.94. The van der Waals surface area contributed by atoms with E-state index in [0.717, 1.165) is 23.8 Å². The summed E-state index contributed by atoms with van der Waals surface area (Å²) in [4.78, 5) is 13.5. The molecule has 0 radical (unpaired) electrons. The monoisotopic (exact) mass is 289 g/mol. The molecule has 106 valence electrons. The maximum Gasteiger partial charge on any atom is 0.227 e. The van der Waals surface area contributed by atoms with Gasteiger partial charge in [0.05, 0.1) is 0 Å². The second-order valence-corrected chi connectivity index (χ2v) is 5.82. The highest BCUT2D eigenvalue weighted by atomic mass is 32.1. The van der Waals surface area contributed by atoms with E-state index in [4.69, 9.17) is 12.2 Å². The summed E-state index contributed by atoms with van der Waals surface area (Å²) in [6.07, 6.45) is 4.08. The lowest BCUT2D eigenvalue weighted by Gasteiger charge is -2.16. The highest BCUT2D eigenvalue weighted by molar-refractivity contribution is 7.80. The summed E-state index contributed by atoms with van der Waals surface area (Å²) >= 11 is 5.22. The molecule has 4 nitrogen and oxygen atoms in total. The molecular weight excluding hydrogens is 270 g/mol. The van der Waals surface area contributed by atoms with Crippen LogP contribution in [0.25, 0.3) is 0 Å². The van der Waals surface area contributed by atoms with Gasteiger partial charge in [0.2, 0.25) is 5.91 Å². The van der Waals surface area contributed by atoms with E-state index < -0.39 is 0 Å². The third kappa shape index (κ3) is 3.28. The van der Waals surface area contributed by atoms with Gasteiger partial charge in [-0.1, -0.05) is 12.1 Å². The molecule has 1 aromatic rings. The van der Waals surface area contributed by atoms with Gasteiger partial charge >= 0.3 is 0 Å². The van der Waals surface area contributed by atoms with E-state index in [0.29, 0.717) is 19.0 Å². The van der Waals surface area contributed by atoms with Crippen LogP contribution < -0.4 is 15.5 Å². The molecule has 2 fully saturated rings. The van der Waals surface area contributed by atoms with E-state index in [1.807, 2.05) is 29.2 Å². The Bertz CT molecular complexity index is 510. The zero-order chi connectivity index (χ0) is 13.9. The van der Waals surface area contributed by atoms with Gasteiger partial charge in [0.15, 0.2) is 5.11 Å². The standard InChI is InChI=1S/C15H19N3OS/c19-14-2-1-9-18(14)13-7-3-11(4-8-13)10-16-15(20)17-12-5-6-12/h3-4,7-8,12H,1-2,5-6,9-10H2,(H2,16,17,20). The zero-order valence-corrected chi connectivity index (χ0v) is 12.2.